The van der Waals surface area contributed by atoms with Crippen molar-refractivity contribution >= 4 is 23.2 Å². The minimum Gasteiger partial charge on any atom is -0.310 e. The standard InChI is InChI=1S/C17H15ClN4O/c1-12-16(17(23)21(2)14-6-4-3-5-7-14)19-20-22(12)15-10-8-13(18)9-11-15/h3-11H,1-2H3. The molecule has 5 nitrogen and oxygen atoms in total. The summed E-state index contributed by atoms with van der Waals surface area (Å²) in [5, 5.41) is 8.78. The minimum absolute atomic E-state index is 0.200. The van der Waals surface area contributed by atoms with Crippen LogP contribution in [0.3, 0.4) is 0 Å². The summed E-state index contributed by atoms with van der Waals surface area (Å²) >= 11 is 5.90. The Balaban J connectivity index is 1.92. The van der Waals surface area contributed by atoms with Gasteiger partial charge in [-0.1, -0.05) is 35.0 Å². The first-order valence-corrected chi connectivity index (χ1v) is 7.47. The summed E-state index contributed by atoms with van der Waals surface area (Å²) in [6.07, 6.45) is 0. The molecule has 0 bridgehead atoms. The van der Waals surface area contributed by atoms with E-state index in [4.69, 9.17) is 11.6 Å². The highest BCUT2D eigenvalue weighted by Gasteiger charge is 2.21. The van der Waals surface area contributed by atoms with E-state index in [2.05, 4.69) is 10.3 Å². The van der Waals surface area contributed by atoms with E-state index in [-0.39, 0.29) is 5.91 Å². The van der Waals surface area contributed by atoms with Crippen LogP contribution in [-0.4, -0.2) is 27.9 Å². The molecule has 0 fully saturated rings. The molecular formula is C17H15ClN4O. The highest BCUT2D eigenvalue weighted by atomic mass is 35.5. The summed E-state index contributed by atoms with van der Waals surface area (Å²) in [7, 11) is 1.72. The molecule has 0 aliphatic rings. The Morgan fingerprint density at radius 1 is 1.09 bits per heavy atom. The van der Waals surface area contributed by atoms with Gasteiger partial charge in [0, 0.05) is 17.8 Å². The van der Waals surface area contributed by atoms with Crippen LogP contribution in [0, 0.1) is 6.92 Å². The number of amides is 1. The number of benzene rings is 2. The molecule has 116 valence electrons. The van der Waals surface area contributed by atoms with Gasteiger partial charge in [-0.05, 0) is 43.3 Å². The fourth-order valence-electron chi connectivity index (χ4n) is 2.28. The van der Waals surface area contributed by atoms with Crippen LogP contribution in [0.1, 0.15) is 16.2 Å². The molecule has 0 saturated heterocycles. The van der Waals surface area contributed by atoms with Gasteiger partial charge in [-0.15, -0.1) is 5.10 Å². The van der Waals surface area contributed by atoms with Crippen LogP contribution in [0.15, 0.2) is 54.6 Å². The van der Waals surface area contributed by atoms with E-state index in [1.807, 2.05) is 49.4 Å². The van der Waals surface area contributed by atoms with Gasteiger partial charge in [0.1, 0.15) is 0 Å². The zero-order valence-corrected chi connectivity index (χ0v) is 13.5. The van der Waals surface area contributed by atoms with Gasteiger partial charge in [-0.25, -0.2) is 4.68 Å². The zero-order chi connectivity index (χ0) is 16.4. The Morgan fingerprint density at radius 2 is 1.74 bits per heavy atom. The van der Waals surface area contributed by atoms with Crippen LogP contribution in [0.5, 0.6) is 0 Å². The summed E-state index contributed by atoms with van der Waals surface area (Å²) in [4.78, 5) is 14.2. The lowest BCUT2D eigenvalue weighted by Crippen LogP contribution is -2.27. The topological polar surface area (TPSA) is 51.0 Å². The van der Waals surface area contributed by atoms with Gasteiger partial charge in [0.2, 0.25) is 0 Å². The van der Waals surface area contributed by atoms with Crippen molar-refractivity contribution in [1.82, 2.24) is 15.0 Å². The quantitative estimate of drug-likeness (QED) is 0.740. The smallest absolute Gasteiger partial charge is 0.280 e. The van der Waals surface area contributed by atoms with E-state index in [0.29, 0.717) is 16.4 Å². The average molecular weight is 327 g/mol. The molecule has 0 spiro atoms. The Hall–Kier alpha value is -2.66. The Kier molecular flexibility index (Phi) is 4.12. The number of anilines is 1. The summed E-state index contributed by atoms with van der Waals surface area (Å²) in [5.41, 5.74) is 2.62. The number of carbonyl (C=O) groups is 1. The predicted molar refractivity (Wildman–Crippen MR) is 90.3 cm³/mol. The van der Waals surface area contributed by atoms with Gasteiger partial charge in [-0.2, -0.15) is 0 Å². The highest BCUT2D eigenvalue weighted by Crippen LogP contribution is 2.18. The third-order valence-electron chi connectivity index (χ3n) is 3.62. The Morgan fingerprint density at radius 3 is 2.39 bits per heavy atom. The number of hydrogen-bond acceptors (Lipinski definition) is 3. The minimum atomic E-state index is -0.200. The molecule has 6 heteroatoms. The molecule has 3 aromatic rings. The first-order chi connectivity index (χ1) is 11.1. The van der Waals surface area contributed by atoms with Crippen LogP contribution < -0.4 is 4.90 Å². The lowest BCUT2D eigenvalue weighted by molar-refractivity contribution is 0.0987. The van der Waals surface area contributed by atoms with Crippen LogP contribution in [0.4, 0.5) is 5.69 Å². The Labute approximate surface area is 139 Å². The highest BCUT2D eigenvalue weighted by molar-refractivity contribution is 6.30. The molecule has 2 aromatic carbocycles. The zero-order valence-electron chi connectivity index (χ0n) is 12.8. The fourth-order valence-corrected chi connectivity index (χ4v) is 2.41. The van der Waals surface area contributed by atoms with Crippen LogP contribution >= 0.6 is 11.6 Å². The number of rotatable bonds is 3. The van der Waals surface area contributed by atoms with Crippen molar-refractivity contribution in [3.05, 3.63) is 71.0 Å². The lowest BCUT2D eigenvalue weighted by atomic mass is 10.2. The number of halogens is 1. The van der Waals surface area contributed by atoms with Crippen molar-refractivity contribution < 1.29 is 4.79 Å². The maximum atomic E-state index is 12.7. The van der Waals surface area contributed by atoms with Gasteiger partial charge < -0.3 is 4.90 Å². The summed E-state index contributed by atoms with van der Waals surface area (Å²) in [6, 6.07) is 16.6. The van der Waals surface area contributed by atoms with E-state index in [1.54, 1.807) is 28.8 Å². The monoisotopic (exact) mass is 326 g/mol. The number of hydrogen-bond donors (Lipinski definition) is 0. The molecule has 1 aromatic heterocycles. The van der Waals surface area contributed by atoms with Crippen molar-refractivity contribution in [2.45, 2.75) is 6.92 Å². The number of para-hydroxylation sites is 1. The predicted octanol–water partition coefficient (Wildman–Crippen LogP) is 3.51. The number of nitrogens with zero attached hydrogens (tertiary/aromatic N) is 4. The van der Waals surface area contributed by atoms with Crippen LogP contribution in [-0.2, 0) is 0 Å². The van der Waals surface area contributed by atoms with Gasteiger partial charge in [0.25, 0.3) is 5.91 Å². The van der Waals surface area contributed by atoms with E-state index >= 15 is 0 Å². The Bertz CT molecular complexity index is 828. The van der Waals surface area contributed by atoms with Gasteiger partial charge >= 0.3 is 0 Å². The second-order valence-electron chi connectivity index (χ2n) is 5.11. The maximum absolute atomic E-state index is 12.7. The largest absolute Gasteiger partial charge is 0.310 e. The number of aromatic nitrogens is 3. The second kappa shape index (κ2) is 6.22. The van der Waals surface area contributed by atoms with Crippen molar-refractivity contribution in [3.63, 3.8) is 0 Å². The third kappa shape index (κ3) is 2.96. The van der Waals surface area contributed by atoms with Crippen molar-refractivity contribution in [2.75, 3.05) is 11.9 Å². The molecule has 3 rings (SSSR count). The van der Waals surface area contributed by atoms with Crippen LogP contribution in [0.25, 0.3) is 5.69 Å². The summed E-state index contributed by atoms with van der Waals surface area (Å²) in [5.74, 6) is -0.200. The van der Waals surface area contributed by atoms with Crippen LogP contribution in [0.2, 0.25) is 5.02 Å². The molecule has 0 saturated carbocycles. The lowest BCUT2D eigenvalue weighted by Gasteiger charge is -2.16. The summed E-state index contributed by atoms with van der Waals surface area (Å²) in [6.45, 7) is 1.82. The number of carbonyl (C=O) groups excluding carboxylic acids is 1. The van der Waals surface area contributed by atoms with E-state index in [0.717, 1.165) is 11.4 Å². The molecule has 0 N–H and O–H groups in total. The fraction of sp³-hybridized carbons (Fsp3) is 0.118. The average Bonchev–Trinajstić information content (AvgIpc) is 2.96. The van der Waals surface area contributed by atoms with Gasteiger partial charge in [0.05, 0.1) is 11.4 Å². The van der Waals surface area contributed by atoms with Gasteiger partial charge in [0.15, 0.2) is 5.69 Å². The third-order valence-corrected chi connectivity index (χ3v) is 3.87. The van der Waals surface area contributed by atoms with E-state index < -0.39 is 0 Å². The SMILES string of the molecule is Cc1c(C(=O)N(C)c2ccccc2)nnn1-c1ccc(Cl)cc1. The molecule has 0 radical (unpaired) electrons. The molecule has 0 aliphatic carbocycles. The molecule has 0 unspecified atom stereocenters. The first-order valence-electron chi connectivity index (χ1n) is 7.09. The maximum Gasteiger partial charge on any atom is 0.280 e. The van der Waals surface area contributed by atoms with Crippen molar-refractivity contribution in [2.24, 2.45) is 0 Å². The molecule has 0 aliphatic heterocycles. The molecule has 1 heterocycles. The molecule has 1 amide bonds. The summed E-state index contributed by atoms with van der Waals surface area (Å²) < 4.78 is 1.63. The second-order valence-corrected chi connectivity index (χ2v) is 5.55. The normalized spacial score (nSPS) is 10.6. The molecule has 23 heavy (non-hydrogen) atoms. The van der Waals surface area contributed by atoms with Crippen molar-refractivity contribution in [3.8, 4) is 5.69 Å². The van der Waals surface area contributed by atoms with E-state index in [1.165, 1.54) is 0 Å². The molecule has 0 atom stereocenters. The van der Waals surface area contributed by atoms with Crippen molar-refractivity contribution in [1.29, 1.82) is 0 Å². The van der Waals surface area contributed by atoms with Gasteiger partial charge in [-0.3, -0.25) is 4.79 Å². The van der Waals surface area contributed by atoms with E-state index in [9.17, 15) is 4.79 Å². The molecular weight excluding hydrogens is 312 g/mol. The first kappa shape index (κ1) is 15.2.